The first-order valence-electron chi connectivity index (χ1n) is 8.95. The molecule has 0 radical (unpaired) electrons. The van der Waals surface area contributed by atoms with Gasteiger partial charge in [0, 0.05) is 24.9 Å². The van der Waals surface area contributed by atoms with E-state index >= 15 is 0 Å². The van der Waals surface area contributed by atoms with Crippen LogP contribution in [0.5, 0.6) is 17.2 Å². The van der Waals surface area contributed by atoms with Crippen LogP contribution in [-0.2, 0) is 14.3 Å². The summed E-state index contributed by atoms with van der Waals surface area (Å²) in [6.07, 6.45) is 3.98. The molecule has 146 valence electrons. The van der Waals surface area contributed by atoms with Crippen molar-refractivity contribution in [3.05, 3.63) is 30.2 Å². The SMILES string of the molecule is COc1cc(C2CN(C)C(CCC3OC=CO3)C2C(=O)O)cc2c1OCO2. The van der Waals surface area contributed by atoms with E-state index in [1.165, 1.54) is 12.5 Å². The molecule has 0 bridgehead atoms. The molecule has 1 aromatic rings. The molecule has 3 aliphatic rings. The van der Waals surface area contributed by atoms with E-state index in [0.29, 0.717) is 36.6 Å². The Kier molecular flexibility index (Phi) is 4.73. The smallest absolute Gasteiger partial charge is 0.308 e. The van der Waals surface area contributed by atoms with Crippen LogP contribution in [0.3, 0.4) is 0 Å². The van der Waals surface area contributed by atoms with Gasteiger partial charge in [-0.2, -0.15) is 0 Å². The third-order valence-electron chi connectivity index (χ3n) is 5.51. The molecular formula is C19H23NO7. The highest BCUT2D eigenvalue weighted by molar-refractivity contribution is 5.73. The Bertz CT molecular complexity index is 742. The van der Waals surface area contributed by atoms with Crippen molar-refractivity contribution in [2.45, 2.75) is 31.1 Å². The molecule has 3 unspecified atom stereocenters. The van der Waals surface area contributed by atoms with Crippen molar-refractivity contribution < 1.29 is 33.6 Å². The Morgan fingerprint density at radius 1 is 1.26 bits per heavy atom. The average Bonchev–Trinajstić information content (AvgIpc) is 3.38. The normalized spacial score (nSPS) is 26.8. The Labute approximate surface area is 157 Å². The number of ether oxygens (including phenoxy) is 5. The lowest BCUT2D eigenvalue weighted by Crippen LogP contribution is -2.34. The van der Waals surface area contributed by atoms with E-state index in [-0.39, 0.29) is 25.0 Å². The standard InChI is InChI=1S/C19H23NO7/c1-20-9-12(11-7-14(23-2)18-15(8-11)26-10-27-18)17(19(21)22)13(20)3-4-16-24-5-6-25-16/h5-8,12-13,16-17H,3-4,9-10H2,1-2H3,(H,21,22). The van der Waals surface area contributed by atoms with E-state index in [1.807, 2.05) is 19.2 Å². The van der Waals surface area contributed by atoms with Crippen molar-refractivity contribution in [1.29, 1.82) is 0 Å². The number of likely N-dealkylation sites (tertiary alicyclic amines) is 1. The number of fused-ring (bicyclic) bond motifs is 1. The summed E-state index contributed by atoms with van der Waals surface area (Å²) in [5.41, 5.74) is 0.882. The number of carbonyl (C=O) groups is 1. The van der Waals surface area contributed by atoms with E-state index in [4.69, 9.17) is 23.7 Å². The lowest BCUT2D eigenvalue weighted by atomic mass is 9.83. The third kappa shape index (κ3) is 3.25. The molecule has 3 atom stereocenters. The molecule has 0 saturated carbocycles. The van der Waals surface area contributed by atoms with Crippen LogP contribution >= 0.6 is 0 Å². The molecule has 1 N–H and O–H groups in total. The average molecular weight is 377 g/mol. The molecule has 3 heterocycles. The van der Waals surface area contributed by atoms with Gasteiger partial charge in [-0.3, -0.25) is 4.79 Å². The molecular weight excluding hydrogens is 354 g/mol. The van der Waals surface area contributed by atoms with Gasteiger partial charge in [0.05, 0.1) is 13.0 Å². The number of likely N-dealkylation sites (N-methyl/N-ethyl adjacent to an activating group) is 1. The van der Waals surface area contributed by atoms with Crippen LogP contribution in [0.2, 0.25) is 0 Å². The van der Waals surface area contributed by atoms with Gasteiger partial charge in [0.2, 0.25) is 18.8 Å². The minimum atomic E-state index is -0.808. The number of rotatable bonds is 6. The van der Waals surface area contributed by atoms with Gasteiger partial charge in [-0.1, -0.05) is 0 Å². The van der Waals surface area contributed by atoms with Gasteiger partial charge in [0.1, 0.15) is 12.5 Å². The Balaban J connectivity index is 1.58. The largest absolute Gasteiger partial charge is 0.493 e. The number of methoxy groups -OCH3 is 1. The molecule has 0 aromatic heterocycles. The van der Waals surface area contributed by atoms with Crippen LogP contribution in [0.15, 0.2) is 24.7 Å². The van der Waals surface area contributed by atoms with Crippen LogP contribution in [0, 0.1) is 5.92 Å². The Hall–Kier alpha value is -2.61. The lowest BCUT2D eigenvalue weighted by molar-refractivity contribution is -0.143. The summed E-state index contributed by atoms with van der Waals surface area (Å²) in [6, 6.07) is 3.61. The molecule has 8 nitrogen and oxygen atoms in total. The fraction of sp³-hybridized carbons (Fsp3) is 0.526. The fourth-order valence-corrected chi connectivity index (χ4v) is 4.23. The van der Waals surface area contributed by atoms with E-state index in [0.717, 1.165) is 5.56 Å². The first-order valence-corrected chi connectivity index (χ1v) is 8.95. The van der Waals surface area contributed by atoms with Crippen molar-refractivity contribution in [2.75, 3.05) is 27.5 Å². The molecule has 0 spiro atoms. The Morgan fingerprint density at radius 3 is 2.74 bits per heavy atom. The molecule has 27 heavy (non-hydrogen) atoms. The first kappa shape index (κ1) is 17.8. The second kappa shape index (κ2) is 7.19. The molecule has 3 aliphatic heterocycles. The summed E-state index contributed by atoms with van der Waals surface area (Å²) in [5.74, 6) is 0.197. The molecule has 1 saturated heterocycles. The maximum atomic E-state index is 12.1. The highest BCUT2D eigenvalue weighted by Gasteiger charge is 2.45. The second-order valence-electron chi connectivity index (χ2n) is 6.99. The van der Waals surface area contributed by atoms with Gasteiger partial charge in [-0.05, 0) is 31.2 Å². The second-order valence-corrected chi connectivity index (χ2v) is 6.99. The number of nitrogens with zero attached hydrogens (tertiary/aromatic N) is 1. The van der Waals surface area contributed by atoms with E-state index in [9.17, 15) is 9.90 Å². The van der Waals surface area contributed by atoms with Crippen molar-refractivity contribution in [2.24, 2.45) is 5.92 Å². The summed E-state index contributed by atoms with van der Waals surface area (Å²) in [4.78, 5) is 14.2. The lowest BCUT2D eigenvalue weighted by Gasteiger charge is -2.24. The quantitative estimate of drug-likeness (QED) is 0.807. The number of carboxylic acid groups (broad SMARTS) is 1. The maximum Gasteiger partial charge on any atom is 0.308 e. The van der Waals surface area contributed by atoms with E-state index < -0.39 is 11.9 Å². The molecule has 8 heteroatoms. The monoisotopic (exact) mass is 377 g/mol. The molecule has 4 rings (SSSR count). The minimum absolute atomic E-state index is 0.114. The Morgan fingerprint density at radius 2 is 2.04 bits per heavy atom. The number of benzene rings is 1. The van der Waals surface area contributed by atoms with Gasteiger partial charge in [0.15, 0.2) is 11.5 Å². The van der Waals surface area contributed by atoms with Crippen molar-refractivity contribution >= 4 is 5.97 Å². The van der Waals surface area contributed by atoms with Crippen LogP contribution in [0.1, 0.15) is 24.3 Å². The van der Waals surface area contributed by atoms with E-state index in [1.54, 1.807) is 7.11 Å². The third-order valence-corrected chi connectivity index (χ3v) is 5.51. The molecule has 0 aliphatic carbocycles. The van der Waals surface area contributed by atoms with Crippen LogP contribution in [-0.4, -0.2) is 55.8 Å². The maximum absolute atomic E-state index is 12.1. The van der Waals surface area contributed by atoms with Crippen LogP contribution in [0.4, 0.5) is 0 Å². The first-order chi connectivity index (χ1) is 13.1. The van der Waals surface area contributed by atoms with Crippen molar-refractivity contribution in [3.8, 4) is 17.2 Å². The van der Waals surface area contributed by atoms with Gasteiger partial charge in [0.25, 0.3) is 0 Å². The van der Waals surface area contributed by atoms with Gasteiger partial charge in [-0.25, -0.2) is 0 Å². The predicted molar refractivity (Wildman–Crippen MR) is 93.7 cm³/mol. The minimum Gasteiger partial charge on any atom is -0.493 e. The summed E-state index contributed by atoms with van der Waals surface area (Å²) in [6.45, 7) is 0.773. The molecule has 0 amide bonds. The van der Waals surface area contributed by atoms with Crippen molar-refractivity contribution in [3.63, 3.8) is 0 Å². The zero-order valence-corrected chi connectivity index (χ0v) is 15.3. The summed E-state index contributed by atoms with van der Waals surface area (Å²) in [7, 11) is 3.52. The topological polar surface area (TPSA) is 86.7 Å². The molecule has 1 fully saturated rings. The number of hydrogen-bond acceptors (Lipinski definition) is 7. The summed E-state index contributed by atoms with van der Waals surface area (Å²) < 4.78 is 27.0. The van der Waals surface area contributed by atoms with Crippen molar-refractivity contribution in [1.82, 2.24) is 4.90 Å². The number of hydrogen-bond donors (Lipinski definition) is 1. The highest BCUT2D eigenvalue weighted by Crippen LogP contribution is 2.47. The van der Waals surface area contributed by atoms with Crippen LogP contribution in [0.25, 0.3) is 0 Å². The van der Waals surface area contributed by atoms with Gasteiger partial charge < -0.3 is 33.7 Å². The number of aliphatic carboxylic acids is 1. The molecule has 1 aromatic carbocycles. The van der Waals surface area contributed by atoms with Crippen LogP contribution < -0.4 is 14.2 Å². The summed E-state index contributed by atoms with van der Waals surface area (Å²) in [5, 5.41) is 9.96. The highest BCUT2D eigenvalue weighted by atomic mass is 16.7. The zero-order valence-electron chi connectivity index (χ0n) is 15.3. The fourth-order valence-electron chi connectivity index (χ4n) is 4.23. The van der Waals surface area contributed by atoms with Gasteiger partial charge in [-0.15, -0.1) is 0 Å². The zero-order chi connectivity index (χ0) is 19.0. The summed E-state index contributed by atoms with van der Waals surface area (Å²) >= 11 is 0. The predicted octanol–water partition coefficient (Wildman–Crippen LogP) is 2.15. The number of carboxylic acids is 1. The van der Waals surface area contributed by atoms with Gasteiger partial charge >= 0.3 is 5.97 Å². The van der Waals surface area contributed by atoms with E-state index in [2.05, 4.69) is 4.90 Å².